The van der Waals surface area contributed by atoms with Gasteiger partial charge in [0.25, 0.3) is 5.91 Å². The van der Waals surface area contributed by atoms with Crippen LogP contribution >= 0.6 is 11.8 Å². The van der Waals surface area contributed by atoms with Crippen LogP contribution in [0.1, 0.15) is 29.6 Å². The molecule has 0 unspecified atom stereocenters. The van der Waals surface area contributed by atoms with E-state index in [1.807, 2.05) is 6.26 Å². The first-order valence-corrected chi connectivity index (χ1v) is 11.2. The topological polar surface area (TPSA) is 191 Å². The van der Waals surface area contributed by atoms with Crippen LogP contribution < -0.4 is 26.2 Å². The number of carbonyl (C=O) groups excluding carboxylic acids is 4. The lowest BCUT2D eigenvalue weighted by Crippen LogP contribution is -2.52. The Morgan fingerprint density at radius 2 is 1.97 bits per heavy atom. The van der Waals surface area contributed by atoms with Gasteiger partial charge in [0, 0.05) is 22.9 Å². The molecule has 0 heterocycles. The number of hydrogen-bond donors (Lipinski definition) is 5. The summed E-state index contributed by atoms with van der Waals surface area (Å²) in [5.41, 5.74) is 5.39. The van der Waals surface area contributed by atoms with Gasteiger partial charge in [-0.1, -0.05) is 6.08 Å². The van der Waals surface area contributed by atoms with Gasteiger partial charge in [-0.05, 0) is 37.3 Å². The third-order valence-corrected chi connectivity index (χ3v) is 5.83. The van der Waals surface area contributed by atoms with Crippen LogP contribution in [0, 0.1) is 0 Å². The van der Waals surface area contributed by atoms with Crippen molar-refractivity contribution in [2.24, 2.45) is 5.73 Å². The van der Waals surface area contributed by atoms with E-state index >= 15 is 0 Å². The molecule has 3 amide bonds. The van der Waals surface area contributed by atoms with Crippen LogP contribution in [0.4, 0.5) is 0 Å². The maximum absolute atomic E-state index is 12.8. The predicted molar refractivity (Wildman–Crippen MR) is 116 cm³/mol. The molecule has 0 radical (unpaired) electrons. The fourth-order valence-corrected chi connectivity index (χ4v) is 3.71. The third kappa shape index (κ3) is 6.94. The molecule has 0 spiro atoms. The summed E-state index contributed by atoms with van der Waals surface area (Å²) >= 11 is 1.46. The van der Waals surface area contributed by atoms with Gasteiger partial charge in [-0.25, -0.2) is 0 Å². The molecule has 0 saturated heterocycles. The summed E-state index contributed by atoms with van der Waals surface area (Å²) < 4.78 is 5.26. The normalized spacial score (nSPS) is 20.8. The highest BCUT2D eigenvalue weighted by Crippen LogP contribution is 2.26. The summed E-state index contributed by atoms with van der Waals surface area (Å²) in [4.78, 5) is 48.4. The summed E-state index contributed by atoms with van der Waals surface area (Å²) in [7, 11) is 1.41. The van der Waals surface area contributed by atoms with Gasteiger partial charge in [0.15, 0.2) is 0 Å². The average Bonchev–Trinajstić information content (AvgIpc) is 2.78. The summed E-state index contributed by atoms with van der Waals surface area (Å²) in [5.74, 6) is -3.42. The largest absolute Gasteiger partial charge is 0.550 e. The van der Waals surface area contributed by atoms with Gasteiger partial charge in [0.1, 0.15) is 17.9 Å². The quantitative estimate of drug-likeness (QED) is 0.237. The molecule has 2 rings (SSSR count). The number of aliphatic hydroxyl groups is 2. The van der Waals surface area contributed by atoms with E-state index in [2.05, 4.69) is 10.6 Å². The van der Waals surface area contributed by atoms with Crippen LogP contribution in [-0.4, -0.2) is 71.6 Å². The van der Waals surface area contributed by atoms with E-state index < -0.39 is 54.4 Å². The monoisotopic (exact) mass is 480 g/mol. The number of methoxy groups -OCH3 is 1. The number of aliphatic carboxylic acids is 1. The van der Waals surface area contributed by atoms with E-state index in [0.29, 0.717) is 5.75 Å². The summed E-state index contributed by atoms with van der Waals surface area (Å²) in [6, 6.07) is 2.56. The van der Waals surface area contributed by atoms with Crippen LogP contribution in [-0.2, 0) is 14.4 Å². The molecule has 180 valence electrons. The Balaban J connectivity index is 2.20. The van der Waals surface area contributed by atoms with Gasteiger partial charge in [0.05, 0.1) is 24.8 Å². The second-order valence-corrected chi connectivity index (χ2v) is 8.24. The molecule has 0 aliphatic heterocycles. The van der Waals surface area contributed by atoms with Gasteiger partial charge in [-0.15, -0.1) is 11.8 Å². The van der Waals surface area contributed by atoms with Crippen molar-refractivity contribution in [3.05, 3.63) is 35.4 Å². The van der Waals surface area contributed by atoms with E-state index in [1.165, 1.54) is 24.9 Å². The first-order chi connectivity index (χ1) is 15.6. The van der Waals surface area contributed by atoms with Crippen molar-refractivity contribution in [2.45, 2.75) is 48.4 Å². The fraction of sp³-hybridized carbons (Fsp3) is 0.429. The highest BCUT2D eigenvalue weighted by Gasteiger charge is 2.35. The molecule has 6 N–H and O–H groups in total. The molecule has 1 aliphatic rings. The Labute approximate surface area is 194 Å². The minimum atomic E-state index is -1.41. The molecule has 1 aromatic carbocycles. The van der Waals surface area contributed by atoms with Crippen molar-refractivity contribution in [1.82, 2.24) is 10.6 Å². The molecule has 0 fully saturated rings. The lowest BCUT2D eigenvalue weighted by Gasteiger charge is -2.31. The van der Waals surface area contributed by atoms with E-state index in [1.54, 1.807) is 18.2 Å². The molecule has 1 aromatic rings. The van der Waals surface area contributed by atoms with Gasteiger partial charge in [-0.3, -0.25) is 14.4 Å². The second-order valence-electron chi connectivity index (χ2n) is 7.36. The minimum absolute atomic E-state index is 0.0116. The number of nitrogens with one attached hydrogen (secondary N) is 2. The van der Waals surface area contributed by atoms with E-state index in [4.69, 9.17) is 10.5 Å². The molecule has 1 aliphatic carbocycles. The van der Waals surface area contributed by atoms with Crippen LogP contribution in [0.15, 0.2) is 34.7 Å². The standard InChI is InChI=1S/C21H27N3O8S/c1-32-16-9-11(33-2)3-4-12(16)21(31)24-14-7-10(8-15(25)18(14)28)20(30)23-13(19(22)29)5-6-17(26)27/h3-4,7,9,13-15,18,25,28H,5-6,8H2,1-2H3,(H2,22,29)(H,23,30)(H,24,31)(H,26,27)/p-1/t13-,14+,15+,18+/m0/s1. The van der Waals surface area contributed by atoms with Gasteiger partial charge in [0.2, 0.25) is 11.8 Å². The number of benzene rings is 1. The van der Waals surface area contributed by atoms with Crippen LogP contribution in [0.3, 0.4) is 0 Å². The molecule has 33 heavy (non-hydrogen) atoms. The van der Waals surface area contributed by atoms with Crippen molar-refractivity contribution >= 4 is 35.5 Å². The number of primary amides is 1. The number of ether oxygens (including phenoxy) is 1. The van der Waals surface area contributed by atoms with Crippen LogP contribution in [0.5, 0.6) is 5.75 Å². The van der Waals surface area contributed by atoms with E-state index in [0.717, 1.165) is 4.90 Å². The predicted octanol–water partition coefficient (Wildman–Crippen LogP) is -1.93. The number of amides is 3. The highest BCUT2D eigenvalue weighted by atomic mass is 32.2. The molecule has 12 heteroatoms. The Morgan fingerprint density at radius 3 is 2.55 bits per heavy atom. The first kappa shape index (κ1) is 26.2. The van der Waals surface area contributed by atoms with E-state index in [9.17, 15) is 34.5 Å². The number of hydrogen-bond acceptors (Lipinski definition) is 9. The van der Waals surface area contributed by atoms with Crippen molar-refractivity contribution in [1.29, 1.82) is 0 Å². The van der Waals surface area contributed by atoms with Crippen molar-refractivity contribution in [3.63, 3.8) is 0 Å². The zero-order valence-electron chi connectivity index (χ0n) is 18.1. The summed E-state index contributed by atoms with van der Waals surface area (Å²) in [5, 5.41) is 36.1. The lowest BCUT2D eigenvalue weighted by atomic mass is 9.89. The fourth-order valence-electron chi connectivity index (χ4n) is 3.28. The number of aliphatic hydroxyl groups excluding tert-OH is 2. The summed E-state index contributed by atoms with van der Waals surface area (Å²) in [6.07, 6.45) is -0.657. The molecule has 0 bridgehead atoms. The average molecular weight is 481 g/mol. The molecule has 0 aromatic heterocycles. The number of nitrogens with two attached hydrogens (primary N) is 1. The number of thioether (sulfide) groups is 1. The molecule has 4 atom stereocenters. The lowest BCUT2D eigenvalue weighted by molar-refractivity contribution is -0.305. The van der Waals surface area contributed by atoms with E-state index in [-0.39, 0.29) is 24.0 Å². The van der Waals surface area contributed by atoms with Gasteiger partial charge >= 0.3 is 0 Å². The Kier molecular flexibility index (Phi) is 9.26. The number of carboxylic acids is 1. The highest BCUT2D eigenvalue weighted by molar-refractivity contribution is 7.98. The maximum atomic E-state index is 12.8. The van der Waals surface area contributed by atoms with Crippen molar-refractivity contribution < 1.29 is 39.2 Å². The van der Waals surface area contributed by atoms with Crippen molar-refractivity contribution in [3.8, 4) is 5.75 Å². The molecule has 0 saturated carbocycles. The third-order valence-electron chi connectivity index (χ3n) is 5.10. The summed E-state index contributed by atoms with van der Waals surface area (Å²) in [6.45, 7) is 0. The Morgan fingerprint density at radius 1 is 1.27 bits per heavy atom. The number of carbonyl (C=O) groups is 4. The van der Waals surface area contributed by atoms with Crippen LogP contribution in [0.25, 0.3) is 0 Å². The second kappa shape index (κ2) is 11.7. The van der Waals surface area contributed by atoms with Gasteiger partial charge < -0.3 is 41.2 Å². The number of rotatable bonds is 10. The number of carboxylic acid groups (broad SMARTS) is 1. The van der Waals surface area contributed by atoms with Crippen molar-refractivity contribution in [2.75, 3.05) is 13.4 Å². The minimum Gasteiger partial charge on any atom is -0.550 e. The first-order valence-electron chi connectivity index (χ1n) is 9.97. The zero-order chi connectivity index (χ0) is 24.7. The molecular formula is C21H26N3O8S-. The Hall–Kier alpha value is -3.09. The van der Waals surface area contributed by atoms with Gasteiger partial charge in [-0.2, -0.15) is 0 Å². The molecular weight excluding hydrogens is 454 g/mol. The van der Waals surface area contributed by atoms with Crippen LogP contribution in [0.2, 0.25) is 0 Å². The zero-order valence-corrected chi connectivity index (χ0v) is 18.9. The molecule has 11 nitrogen and oxygen atoms in total. The smallest absolute Gasteiger partial charge is 0.255 e. The maximum Gasteiger partial charge on any atom is 0.255 e. The Bertz CT molecular complexity index is 951. The SMILES string of the molecule is COc1cc(SC)ccc1C(=O)N[C@@H]1C=C(C(=O)N[C@@H](CCC(=O)[O-])C(N)=O)C[C@@H](O)[C@@H]1O.